The van der Waals surface area contributed by atoms with Gasteiger partial charge in [-0.3, -0.25) is 4.79 Å². The minimum Gasteiger partial charge on any atom is -0.326 e. The van der Waals surface area contributed by atoms with E-state index in [-0.39, 0.29) is 16.7 Å². The van der Waals surface area contributed by atoms with Gasteiger partial charge in [-0.05, 0) is 48.1 Å². The van der Waals surface area contributed by atoms with Crippen molar-refractivity contribution in [2.75, 3.05) is 11.9 Å². The van der Waals surface area contributed by atoms with Crippen LogP contribution in [0.3, 0.4) is 0 Å². The van der Waals surface area contributed by atoms with Crippen molar-refractivity contribution in [1.29, 1.82) is 0 Å². The van der Waals surface area contributed by atoms with E-state index in [4.69, 9.17) is 0 Å². The van der Waals surface area contributed by atoms with Crippen molar-refractivity contribution in [3.63, 3.8) is 0 Å². The Labute approximate surface area is 162 Å². The van der Waals surface area contributed by atoms with Crippen molar-refractivity contribution < 1.29 is 13.2 Å². The lowest BCUT2D eigenvalue weighted by molar-refractivity contribution is -0.116. The molecule has 146 valence electrons. The van der Waals surface area contributed by atoms with E-state index in [9.17, 15) is 13.2 Å². The fourth-order valence-electron chi connectivity index (χ4n) is 2.62. The highest BCUT2D eigenvalue weighted by atomic mass is 32.2. The molecule has 27 heavy (non-hydrogen) atoms. The molecule has 0 bridgehead atoms. The van der Waals surface area contributed by atoms with Crippen LogP contribution in [0.4, 0.5) is 5.69 Å². The van der Waals surface area contributed by atoms with E-state index < -0.39 is 10.0 Å². The van der Waals surface area contributed by atoms with E-state index in [1.165, 1.54) is 0 Å². The molecule has 0 saturated heterocycles. The van der Waals surface area contributed by atoms with Crippen molar-refractivity contribution in [3.05, 3.63) is 59.7 Å². The second-order valence-electron chi connectivity index (χ2n) is 6.95. The van der Waals surface area contributed by atoms with Gasteiger partial charge in [0.05, 0.1) is 4.90 Å². The third-order valence-corrected chi connectivity index (χ3v) is 5.67. The Hall–Kier alpha value is -2.18. The van der Waals surface area contributed by atoms with Crippen LogP contribution in [0, 0.1) is 5.92 Å². The Kier molecular flexibility index (Phi) is 7.56. The van der Waals surface area contributed by atoms with Crippen LogP contribution in [0.1, 0.15) is 38.3 Å². The van der Waals surface area contributed by atoms with E-state index in [0.29, 0.717) is 19.4 Å². The van der Waals surface area contributed by atoms with E-state index >= 15 is 0 Å². The number of anilines is 1. The number of carbonyl (C=O) groups excluding carboxylic acids is 1. The molecule has 0 heterocycles. The van der Waals surface area contributed by atoms with Gasteiger partial charge in [0.1, 0.15) is 0 Å². The predicted molar refractivity (Wildman–Crippen MR) is 109 cm³/mol. The highest BCUT2D eigenvalue weighted by Gasteiger charge is 2.14. The summed E-state index contributed by atoms with van der Waals surface area (Å²) < 4.78 is 27.0. The predicted octanol–water partition coefficient (Wildman–Crippen LogP) is 3.75. The Balaban J connectivity index is 1.92. The van der Waals surface area contributed by atoms with Crippen LogP contribution in [0.15, 0.2) is 53.4 Å². The first-order chi connectivity index (χ1) is 12.8. The minimum absolute atomic E-state index is 0.0498. The van der Waals surface area contributed by atoms with Crippen LogP contribution in [0.25, 0.3) is 0 Å². The van der Waals surface area contributed by atoms with Gasteiger partial charge in [0.2, 0.25) is 15.9 Å². The third-order valence-electron chi connectivity index (χ3n) is 4.23. The Bertz CT molecular complexity index is 859. The van der Waals surface area contributed by atoms with Gasteiger partial charge in [-0.25, -0.2) is 13.1 Å². The molecule has 2 rings (SSSR count). The SMILES string of the molecule is CCc1ccccc1NC(=O)CCc1ccc(S(=O)(=O)NCC(C)C)cc1. The van der Waals surface area contributed by atoms with Crippen molar-refractivity contribution in [1.82, 2.24) is 4.72 Å². The molecule has 0 atom stereocenters. The molecule has 2 aromatic carbocycles. The lowest BCUT2D eigenvalue weighted by Gasteiger charge is -2.10. The molecule has 0 aliphatic carbocycles. The van der Waals surface area contributed by atoms with Crippen molar-refractivity contribution in [2.45, 2.75) is 44.9 Å². The molecule has 0 spiro atoms. The first-order valence-corrected chi connectivity index (χ1v) is 10.8. The maximum atomic E-state index is 12.2. The summed E-state index contributed by atoms with van der Waals surface area (Å²) in [6, 6.07) is 14.5. The zero-order valence-corrected chi connectivity index (χ0v) is 17.0. The lowest BCUT2D eigenvalue weighted by atomic mass is 10.1. The zero-order valence-electron chi connectivity index (χ0n) is 16.2. The number of carbonyl (C=O) groups is 1. The highest BCUT2D eigenvalue weighted by Crippen LogP contribution is 2.16. The van der Waals surface area contributed by atoms with E-state index in [1.807, 2.05) is 38.1 Å². The number of amides is 1. The standard InChI is InChI=1S/C21H28N2O3S/c1-4-18-7-5-6-8-20(18)23-21(24)14-11-17-9-12-19(13-10-17)27(25,26)22-15-16(2)3/h5-10,12-13,16,22H,4,11,14-15H2,1-3H3,(H,23,24). The summed E-state index contributed by atoms with van der Waals surface area (Å²) >= 11 is 0. The van der Waals surface area contributed by atoms with E-state index in [1.54, 1.807) is 24.3 Å². The topological polar surface area (TPSA) is 75.3 Å². The van der Waals surface area contributed by atoms with E-state index in [0.717, 1.165) is 23.2 Å². The van der Waals surface area contributed by atoms with Crippen LogP contribution in [0.2, 0.25) is 0 Å². The monoisotopic (exact) mass is 388 g/mol. The average molecular weight is 389 g/mol. The Morgan fingerprint density at radius 2 is 1.70 bits per heavy atom. The van der Waals surface area contributed by atoms with Gasteiger partial charge in [-0.15, -0.1) is 0 Å². The largest absolute Gasteiger partial charge is 0.326 e. The Morgan fingerprint density at radius 3 is 2.33 bits per heavy atom. The second-order valence-corrected chi connectivity index (χ2v) is 8.72. The molecule has 0 fully saturated rings. The van der Waals surface area contributed by atoms with Crippen LogP contribution in [-0.2, 0) is 27.7 Å². The smallest absolute Gasteiger partial charge is 0.240 e. The molecule has 0 unspecified atom stereocenters. The minimum atomic E-state index is -3.48. The summed E-state index contributed by atoms with van der Waals surface area (Å²) in [6.45, 7) is 6.37. The van der Waals surface area contributed by atoms with Gasteiger partial charge in [-0.2, -0.15) is 0 Å². The zero-order chi connectivity index (χ0) is 19.9. The van der Waals surface area contributed by atoms with Crippen LogP contribution in [-0.4, -0.2) is 20.9 Å². The molecule has 1 amide bonds. The maximum Gasteiger partial charge on any atom is 0.240 e. The third kappa shape index (κ3) is 6.48. The summed E-state index contributed by atoms with van der Waals surface area (Å²) in [5, 5.41) is 2.95. The number of rotatable bonds is 9. The number of aryl methyl sites for hydroxylation is 2. The average Bonchev–Trinajstić information content (AvgIpc) is 2.65. The van der Waals surface area contributed by atoms with E-state index in [2.05, 4.69) is 17.0 Å². The van der Waals surface area contributed by atoms with Gasteiger partial charge in [0.25, 0.3) is 0 Å². The van der Waals surface area contributed by atoms with Crippen molar-refractivity contribution in [2.24, 2.45) is 5.92 Å². The van der Waals surface area contributed by atoms with Crippen molar-refractivity contribution in [3.8, 4) is 0 Å². The number of nitrogens with one attached hydrogen (secondary N) is 2. The number of benzene rings is 2. The van der Waals surface area contributed by atoms with Crippen LogP contribution >= 0.6 is 0 Å². The van der Waals surface area contributed by atoms with Gasteiger partial charge in [-0.1, -0.05) is 51.1 Å². The second kappa shape index (κ2) is 9.67. The van der Waals surface area contributed by atoms with Crippen LogP contribution in [0.5, 0.6) is 0 Å². The summed E-state index contributed by atoms with van der Waals surface area (Å²) in [4.78, 5) is 12.5. The fourth-order valence-corrected chi connectivity index (χ4v) is 3.83. The normalized spacial score (nSPS) is 11.6. The summed E-state index contributed by atoms with van der Waals surface area (Å²) in [6.07, 6.45) is 1.76. The number of para-hydroxylation sites is 1. The molecule has 0 aliphatic heterocycles. The maximum absolute atomic E-state index is 12.2. The number of hydrogen-bond acceptors (Lipinski definition) is 3. The number of sulfonamides is 1. The lowest BCUT2D eigenvalue weighted by Crippen LogP contribution is -2.27. The van der Waals surface area contributed by atoms with Crippen LogP contribution < -0.4 is 10.0 Å². The molecule has 0 saturated carbocycles. The first kappa shape index (κ1) is 21.1. The van der Waals surface area contributed by atoms with Gasteiger partial charge in [0, 0.05) is 18.7 Å². The van der Waals surface area contributed by atoms with Crippen molar-refractivity contribution >= 4 is 21.6 Å². The summed E-state index contributed by atoms with van der Waals surface area (Å²) in [7, 11) is -3.48. The molecule has 0 radical (unpaired) electrons. The Morgan fingerprint density at radius 1 is 1.04 bits per heavy atom. The molecule has 0 aliphatic rings. The summed E-state index contributed by atoms with van der Waals surface area (Å²) in [5.41, 5.74) is 2.88. The number of hydrogen-bond donors (Lipinski definition) is 2. The molecular weight excluding hydrogens is 360 g/mol. The summed E-state index contributed by atoms with van der Waals surface area (Å²) in [5.74, 6) is 0.196. The molecular formula is C21H28N2O3S. The molecule has 2 aromatic rings. The van der Waals surface area contributed by atoms with Gasteiger partial charge in [0.15, 0.2) is 0 Å². The quantitative estimate of drug-likeness (QED) is 0.687. The first-order valence-electron chi connectivity index (χ1n) is 9.28. The molecule has 0 aromatic heterocycles. The highest BCUT2D eigenvalue weighted by molar-refractivity contribution is 7.89. The van der Waals surface area contributed by atoms with Gasteiger partial charge < -0.3 is 5.32 Å². The molecule has 5 nitrogen and oxygen atoms in total. The molecule has 2 N–H and O–H groups in total. The molecule has 6 heteroatoms. The van der Waals surface area contributed by atoms with Gasteiger partial charge >= 0.3 is 0 Å². The fraction of sp³-hybridized carbons (Fsp3) is 0.381.